The first-order valence-corrected chi connectivity index (χ1v) is 11.5. The van der Waals surface area contributed by atoms with E-state index in [1.807, 2.05) is 36.4 Å². The normalized spacial score (nSPS) is 13.5. The number of pyridine rings is 1. The number of carbonyl (C=O) groups is 2. The van der Waals surface area contributed by atoms with Gasteiger partial charge in [-0.3, -0.25) is 4.98 Å². The highest BCUT2D eigenvalue weighted by Crippen LogP contribution is 2.44. The number of carbonyl (C=O) groups excluding carboxylic acids is 2. The van der Waals surface area contributed by atoms with Gasteiger partial charge in [0.2, 0.25) is 0 Å². The first-order chi connectivity index (χ1) is 16.3. The number of hydrogen-bond acceptors (Lipinski definition) is 5. The fourth-order valence-electron chi connectivity index (χ4n) is 4.26. The minimum Gasteiger partial charge on any atom is -0.458 e. The minimum absolute atomic E-state index is 0.0477. The van der Waals surface area contributed by atoms with Crippen LogP contribution in [0.3, 0.4) is 0 Å². The number of nitrogens with one attached hydrogen (secondary N) is 1. The molecule has 3 aromatic rings. The highest BCUT2D eigenvalue weighted by atomic mass is 16.6. The monoisotopic (exact) mass is 458 g/mol. The lowest BCUT2D eigenvalue weighted by atomic mass is 9.98. The molecule has 0 saturated heterocycles. The summed E-state index contributed by atoms with van der Waals surface area (Å²) in [6, 6.07) is 19.3. The Bertz CT molecular complexity index is 1110. The molecule has 2 aromatic carbocycles. The Morgan fingerprint density at radius 3 is 2.21 bits per heavy atom. The molecule has 0 spiro atoms. The molecule has 1 amide bonds. The van der Waals surface area contributed by atoms with Crippen molar-refractivity contribution in [3.8, 4) is 11.1 Å². The van der Waals surface area contributed by atoms with Crippen molar-refractivity contribution in [3.05, 3.63) is 89.7 Å². The van der Waals surface area contributed by atoms with Gasteiger partial charge < -0.3 is 14.8 Å². The van der Waals surface area contributed by atoms with Gasteiger partial charge in [0.1, 0.15) is 18.2 Å². The summed E-state index contributed by atoms with van der Waals surface area (Å²) in [5.74, 6) is -0.529. The van der Waals surface area contributed by atoms with E-state index in [1.54, 1.807) is 33.2 Å². The third-order valence-electron chi connectivity index (χ3n) is 5.77. The van der Waals surface area contributed by atoms with Gasteiger partial charge in [-0.15, -0.1) is 0 Å². The van der Waals surface area contributed by atoms with Crippen molar-refractivity contribution < 1.29 is 19.1 Å². The van der Waals surface area contributed by atoms with Gasteiger partial charge in [-0.2, -0.15) is 0 Å². The van der Waals surface area contributed by atoms with E-state index in [0.29, 0.717) is 12.8 Å². The molecule has 0 saturated carbocycles. The Morgan fingerprint density at radius 1 is 0.971 bits per heavy atom. The molecule has 6 heteroatoms. The van der Waals surface area contributed by atoms with Crippen LogP contribution in [0.4, 0.5) is 4.79 Å². The molecule has 1 heterocycles. The summed E-state index contributed by atoms with van der Waals surface area (Å²) in [7, 11) is 0. The summed E-state index contributed by atoms with van der Waals surface area (Å²) in [5.41, 5.74) is 4.91. The van der Waals surface area contributed by atoms with Gasteiger partial charge in [0, 0.05) is 18.3 Å². The number of aromatic nitrogens is 1. The van der Waals surface area contributed by atoms with Crippen LogP contribution >= 0.6 is 0 Å². The maximum absolute atomic E-state index is 12.8. The van der Waals surface area contributed by atoms with Crippen LogP contribution in [0.1, 0.15) is 49.8 Å². The molecule has 4 rings (SSSR count). The van der Waals surface area contributed by atoms with Crippen molar-refractivity contribution >= 4 is 12.1 Å². The number of amides is 1. The van der Waals surface area contributed by atoms with Crippen LogP contribution in [0.5, 0.6) is 0 Å². The Balaban J connectivity index is 1.43. The number of rotatable bonds is 7. The van der Waals surface area contributed by atoms with Crippen molar-refractivity contribution in [2.75, 3.05) is 6.61 Å². The molecule has 0 radical (unpaired) electrons. The van der Waals surface area contributed by atoms with E-state index in [9.17, 15) is 9.59 Å². The summed E-state index contributed by atoms with van der Waals surface area (Å²) in [6.45, 7) is 5.59. The van der Waals surface area contributed by atoms with E-state index in [2.05, 4.69) is 34.6 Å². The predicted molar refractivity (Wildman–Crippen MR) is 130 cm³/mol. The molecular weight excluding hydrogens is 428 g/mol. The van der Waals surface area contributed by atoms with Crippen LogP contribution in [0.25, 0.3) is 11.1 Å². The van der Waals surface area contributed by atoms with E-state index in [-0.39, 0.29) is 12.5 Å². The molecule has 176 valence electrons. The molecule has 34 heavy (non-hydrogen) atoms. The quantitative estimate of drug-likeness (QED) is 0.489. The van der Waals surface area contributed by atoms with E-state index < -0.39 is 23.7 Å². The zero-order valence-electron chi connectivity index (χ0n) is 19.8. The van der Waals surface area contributed by atoms with Gasteiger partial charge >= 0.3 is 12.1 Å². The zero-order chi connectivity index (χ0) is 24.1. The molecule has 6 nitrogen and oxygen atoms in total. The van der Waals surface area contributed by atoms with Crippen molar-refractivity contribution in [3.63, 3.8) is 0 Å². The molecule has 0 aliphatic heterocycles. The third-order valence-corrected chi connectivity index (χ3v) is 5.77. The first kappa shape index (κ1) is 23.5. The average Bonchev–Trinajstić information content (AvgIpc) is 3.13. The number of hydrogen-bond donors (Lipinski definition) is 1. The zero-order valence-corrected chi connectivity index (χ0v) is 19.8. The second kappa shape index (κ2) is 10.1. The van der Waals surface area contributed by atoms with Crippen LogP contribution in [0, 0.1) is 0 Å². The van der Waals surface area contributed by atoms with Crippen LogP contribution < -0.4 is 5.32 Å². The molecule has 0 unspecified atom stereocenters. The summed E-state index contributed by atoms with van der Waals surface area (Å²) in [4.78, 5) is 29.7. The SMILES string of the molecule is CC(C)(C)OC(=O)[C@H](CCc1cccnc1)NC(=O)OCC1c2ccccc2-c2ccccc21. The molecule has 0 bridgehead atoms. The number of benzene rings is 2. The Morgan fingerprint density at radius 2 is 1.62 bits per heavy atom. The predicted octanol–water partition coefficient (Wildman–Crippen LogP) is 5.26. The summed E-state index contributed by atoms with van der Waals surface area (Å²) in [6.07, 6.45) is 3.76. The number of fused-ring (bicyclic) bond motifs is 3. The standard InChI is InChI=1S/C28H30N2O4/c1-28(2,3)34-26(31)25(15-14-19-9-8-16-29-17-19)30-27(32)33-18-24-22-12-6-4-10-20(22)21-11-5-7-13-23(21)24/h4-13,16-17,24-25H,14-15,18H2,1-3H3,(H,30,32)/t25-/m0/s1. The van der Waals surface area contributed by atoms with Gasteiger partial charge in [-0.1, -0.05) is 54.6 Å². The van der Waals surface area contributed by atoms with Crippen LogP contribution in [-0.4, -0.2) is 35.3 Å². The van der Waals surface area contributed by atoms with Crippen LogP contribution in [0.2, 0.25) is 0 Å². The van der Waals surface area contributed by atoms with Gasteiger partial charge in [-0.05, 0) is 67.5 Å². The maximum Gasteiger partial charge on any atom is 0.407 e. The van der Waals surface area contributed by atoms with E-state index in [1.165, 1.54) is 0 Å². The van der Waals surface area contributed by atoms with Crippen molar-refractivity contribution in [1.29, 1.82) is 0 Å². The lowest BCUT2D eigenvalue weighted by molar-refractivity contribution is -0.157. The summed E-state index contributed by atoms with van der Waals surface area (Å²) < 4.78 is 11.2. The fraction of sp³-hybridized carbons (Fsp3) is 0.321. The smallest absolute Gasteiger partial charge is 0.407 e. The molecule has 0 fully saturated rings. The Labute approximate surface area is 200 Å². The lowest BCUT2D eigenvalue weighted by Crippen LogP contribution is -2.45. The molecule has 1 aromatic heterocycles. The molecule has 1 aliphatic carbocycles. The molecule has 1 atom stereocenters. The molecular formula is C28H30N2O4. The molecule has 1 aliphatic rings. The van der Waals surface area contributed by atoms with Crippen molar-refractivity contribution in [2.45, 2.75) is 51.2 Å². The Kier molecular flexibility index (Phi) is 6.96. The van der Waals surface area contributed by atoms with Gasteiger partial charge in [0.05, 0.1) is 0 Å². The van der Waals surface area contributed by atoms with Crippen LogP contribution in [-0.2, 0) is 20.7 Å². The van der Waals surface area contributed by atoms with Gasteiger partial charge in [0.15, 0.2) is 0 Å². The van der Waals surface area contributed by atoms with Crippen LogP contribution in [0.15, 0.2) is 73.1 Å². The van der Waals surface area contributed by atoms with E-state index in [0.717, 1.165) is 27.8 Å². The second-order valence-electron chi connectivity index (χ2n) is 9.46. The van der Waals surface area contributed by atoms with E-state index in [4.69, 9.17) is 9.47 Å². The minimum atomic E-state index is -0.824. The van der Waals surface area contributed by atoms with Gasteiger partial charge in [-0.25, -0.2) is 9.59 Å². The average molecular weight is 459 g/mol. The largest absolute Gasteiger partial charge is 0.458 e. The number of nitrogens with zero attached hydrogens (tertiary/aromatic N) is 1. The van der Waals surface area contributed by atoms with Crippen molar-refractivity contribution in [2.24, 2.45) is 0 Å². The highest BCUT2D eigenvalue weighted by molar-refractivity contribution is 5.82. The van der Waals surface area contributed by atoms with Crippen molar-refractivity contribution in [1.82, 2.24) is 10.3 Å². The third kappa shape index (κ3) is 5.63. The number of aryl methyl sites for hydroxylation is 1. The van der Waals surface area contributed by atoms with E-state index >= 15 is 0 Å². The second-order valence-corrected chi connectivity index (χ2v) is 9.46. The molecule has 1 N–H and O–H groups in total. The lowest BCUT2D eigenvalue weighted by Gasteiger charge is -2.24. The summed E-state index contributed by atoms with van der Waals surface area (Å²) >= 11 is 0. The first-order valence-electron chi connectivity index (χ1n) is 11.5. The topological polar surface area (TPSA) is 77.5 Å². The highest BCUT2D eigenvalue weighted by Gasteiger charge is 2.31. The number of alkyl carbamates (subject to hydrolysis) is 1. The number of esters is 1. The number of ether oxygens (including phenoxy) is 2. The van der Waals surface area contributed by atoms with Gasteiger partial charge in [0.25, 0.3) is 0 Å². The summed E-state index contributed by atoms with van der Waals surface area (Å²) in [5, 5.41) is 2.73. The maximum atomic E-state index is 12.8. The fourth-order valence-corrected chi connectivity index (χ4v) is 4.26. The Hall–Kier alpha value is -3.67.